The number of hydrogen-bond donors (Lipinski definition) is 1. The minimum Gasteiger partial charge on any atom is -0.478 e. The highest BCUT2D eigenvalue weighted by Gasteiger charge is 2.16. The summed E-state index contributed by atoms with van der Waals surface area (Å²) < 4.78 is 26.2. The number of carbonyl (C=O) groups is 2. The molecule has 0 aliphatic carbocycles. The first-order valence-electron chi connectivity index (χ1n) is 5.78. The number of carbonyl (C=O) groups excluding carboxylic acids is 1. The number of halogens is 2. The smallest absolute Gasteiger partial charge is 0.338 e. The Kier molecular flexibility index (Phi) is 4.64. The van der Waals surface area contributed by atoms with E-state index in [-0.39, 0.29) is 21.9 Å². The van der Waals surface area contributed by atoms with E-state index in [2.05, 4.69) is 4.98 Å². The molecule has 0 saturated carbocycles. The molecule has 0 aliphatic rings. The van der Waals surface area contributed by atoms with Crippen LogP contribution in [0.15, 0.2) is 41.6 Å². The topological polar surface area (TPSA) is 67.3 Å². The summed E-state index contributed by atoms with van der Waals surface area (Å²) in [6.45, 7) is 0. The Hall–Kier alpha value is -2.28. The van der Waals surface area contributed by atoms with Crippen molar-refractivity contribution in [2.24, 2.45) is 0 Å². The van der Waals surface area contributed by atoms with Crippen molar-refractivity contribution in [2.75, 3.05) is 5.75 Å². The van der Waals surface area contributed by atoms with E-state index in [0.717, 1.165) is 23.9 Å². The predicted octanol–water partition coefficient (Wildman–Crippen LogP) is 3.03. The van der Waals surface area contributed by atoms with Crippen molar-refractivity contribution in [3.63, 3.8) is 0 Å². The number of carboxylic acid groups (broad SMARTS) is 1. The third-order valence-corrected chi connectivity index (χ3v) is 3.58. The maximum Gasteiger partial charge on any atom is 0.338 e. The summed E-state index contributed by atoms with van der Waals surface area (Å²) >= 11 is 0.889. The zero-order valence-electron chi connectivity index (χ0n) is 10.5. The van der Waals surface area contributed by atoms with Gasteiger partial charge >= 0.3 is 5.97 Å². The average Bonchev–Trinajstić information content (AvgIpc) is 2.45. The first-order chi connectivity index (χ1) is 9.99. The number of Topliss-reactive ketones (excluding diaryl/α,β-unsaturated/α-hetero) is 1. The molecule has 0 radical (unpaired) electrons. The Morgan fingerprint density at radius 2 is 1.95 bits per heavy atom. The standard InChI is InChI=1S/C14H9F2NO3S/c15-8-3-4-9(11(16)6-8)12(18)7-21-13-10(14(19)20)2-1-5-17-13/h1-6H,7H2,(H,19,20). The molecule has 1 aromatic carbocycles. The Bertz CT molecular complexity index is 706. The maximum atomic E-state index is 13.5. The second kappa shape index (κ2) is 6.45. The lowest BCUT2D eigenvalue weighted by Crippen LogP contribution is -2.07. The molecule has 0 aliphatic heterocycles. The number of carboxylic acids is 1. The normalized spacial score (nSPS) is 10.4. The van der Waals surface area contributed by atoms with Crippen molar-refractivity contribution < 1.29 is 23.5 Å². The molecule has 1 heterocycles. The molecule has 0 spiro atoms. The van der Waals surface area contributed by atoms with Gasteiger partial charge in [-0.25, -0.2) is 18.6 Å². The van der Waals surface area contributed by atoms with E-state index in [1.807, 2.05) is 0 Å². The van der Waals surface area contributed by atoms with Gasteiger partial charge in [0.15, 0.2) is 5.78 Å². The number of ketones is 1. The van der Waals surface area contributed by atoms with Gasteiger partial charge < -0.3 is 5.11 Å². The lowest BCUT2D eigenvalue weighted by atomic mass is 10.1. The van der Waals surface area contributed by atoms with E-state index < -0.39 is 23.4 Å². The number of pyridine rings is 1. The van der Waals surface area contributed by atoms with Gasteiger partial charge in [-0.05, 0) is 24.3 Å². The Balaban J connectivity index is 2.13. The fourth-order valence-corrected chi connectivity index (χ4v) is 2.47. The fraction of sp³-hybridized carbons (Fsp3) is 0.0714. The van der Waals surface area contributed by atoms with Gasteiger partial charge in [0, 0.05) is 12.3 Å². The predicted molar refractivity (Wildman–Crippen MR) is 72.6 cm³/mol. The lowest BCUT2D eigenvalue weighted by Gasteiger charge is -2.05. The van der Waals surface area contributed by atoms with Crippen LogP contribution in [0, 0.1) is 11.6 Å². The van der Waals surface area contributed by atoms with Crippen LogP contribution in [0.4, 0.5) is 8.78 Å². The zero-order chi connectivity index (χ0) is 15.4. The van der Waals surface area contributed by atoms with Crippen molar-refractivity contribution in [1.82, 2.24) is 4.98 Å². The maximum absolute atomic E-state index is 13.5. The number of rotatable bonds is 5. The number of aromatic nitrogens is 1. The van der Waals surface area contributed by atoms with E-state index in [4.69, 9.17) is 5.11 Å². The minimum absolute atomic E-state index is 0.0325. The minimum atomic E-state index is -1.16. The van der Waals surface area contributed by atoms with Crippen LogP contribution in [-0.2, 0) is 0 Å². The van der Waals surface area contributed by atoms with Crippen LogP contribution in [0.3, 0.4) is 0 Å². The molecule has 0 atom stereocenters. The molecule has 108 valence electrons. The highest BCUT2D eigenvalue weighted by atomic mass is 32.2. The quantitative estimate of drug-likeness (QED) is 0.679. The largest absolute Gasteiger partial charge is 0.478 e. The van der Waals surface area contributed by atoms with Gasteiger partial charge in [-0.1, -0.05) is 11.8 Å². The molecule has 0 amide bonds. The summed E-state index contributed by atoms with van der Waals surface area (Å²) in [5.74, 6) is -3.64. The van der Waals surface area contributed by atoms with Crippen LogP contribution >= 0.6 is 11.8 Å². The highest BCUT2D eigenvalue weighted by molar-refractivity contribution is 8.00. The SMILES string of the molecule is O=C(CSc1ncccc1C(=O)O)c1ccc(F)cc1F. The summed E-state index contributed by atoms with van der Waals surface area (Å²) in [4.78, 5) is 26.7. The molecule has 4 nitrogen and oxygen atoms in total. The third-order valence-electron chi connectivity index (χ3n) is 2.57. The second-order valence-corrected chi connectivity index (χ2v) is 4.96. The molecule has 2 aromatic rings. The summed E-state index contributed by atoms with van der Waals surface area (Å²) in [5, 5.41) is 9.15. The molecule has 2 rings (SSSR count). The molecule has 1 N–H and O–H groups in total. The van der Waals surface area contributed by atoms with Crippen LogP contribution in [-0.4, -0.2) is 27.6 Å². The lowest BCUT2D eigenvalue weighted by molar-refractivity contribution is 0.0692. The van der Waals surface area contributed by atoms with Crippen molar-refractivity contribution in [3.05, 3.63) is 59.3 Å². The molecule has 0 bridgehead atoms. The molecule has 1 aromatic heterocycles. The first kappa shape index (κ1) is 15.1. The monoisotopic (exact) mass is 309 g/mol. The molecular weight excluding hydrogens is 300 g/mol. The molecule has 0 unspecified atom stereocenters. The number of aromatic carboxylic acids is 1. The summed E-state index contributed by atoms with van der Waals surface area (Å²) in [6, 6.07) is 5.51. The summed E-state index contributed by atoms with van der Waals surface area (Å²) in [7, 11) is 0. The Morgan fingerprint density at radius 3 is 2.62 bits per heavy atom. The van der Waals surface area contributed by atoms with Crippen molar-refractivity contribution >= 4 is 23.5 Å². The fourth-order valence-electron chi connectivity index (χ4n) is 1.60. The van der Waals surface area contributed by atoms with Crippen LogP contribution in [0.2, 0.25) is 0 Å². The van der Waals surface area contributed by atoms with Crippen molar-refractivity contribution in [1.29, 1.82) is 0 Å². The number of nitrogens with zero attached hydrogens (tertiary/aromatic N) is 1. The van der Waals surface area contributed by atoms with E-state index in [9.17, 15) is 18.4 Å². The second-order valence-electron chi connectivity index (χ2n) is 4.00. The molecule has 0 saturated heterocycles. The van der Waals surface area contributed by atoms with Crippen LogP contribution in [0.25, 0.3) is 0 Å². The van der Waals surface area contributed by atoms with Gasteiger partial charge in [-0.2, -0.15) is 0 Å². The van der Waals surface area contributed by atoms with Crippen molar-refractivity contribution in [2.45, 2.75) is 5.03 Å². The molecule has 0 fully saturated rings. The van der Waals surface area contributed by atoms with E-state index in [1.165, 1.54) is 18.3 Å². The highest BCUT2D eigenvalue weighted by Crippen LogP contribution is 2.22. The Morgan fingerprint density at radius 1 is 1.19 bits per heavy atom. The third kappa shape index (κ3) is 3.63. The number of thioether (sulfide) groups is 1. The van der Waals surface area contributed by atoms with E-state index >= 15 is 0 Å². The van der Waals surface area contributed by atoms with Crippen LogP contribution < -0.4 is 0 Å². The van der Waals surface area contributed by atoms with Gasteiger partial charge in [0.05, 0.1) is 16.9 Å². The average molecular weight is 309 g/mol. The molecule has 7 heteroatoms. The molecule has 21 heavy (non-hydrogen) atoms. The van der Waals surface area contributed by atoms with Crippen LogP contribution in [0.1, 0.15) is 20.7 Å². The summed E-state index contributed by atoms with van der Waals surface area (Å²) in [5.41, 5.74) is -0.272. The van der Waals surface area contributed by atoms with Crippen LogP contribution in [0.5, 0.6) is 0 Å². The van der Waals surface area contributed by atoms with Gasteiger partial charge in [0.1, 0.15) is 16.7 Å². The van der Waals surface area contributed by atoms with Gasteiger partial charge in [-0.15, -0.1) is 0 Å². The van der Waals surface area contributed by atoms with E-state index in [1.54, 1.807) is 0 Å². The van der Waals surface area contributed by atoms with Gasteiger partial charge in [0.2, 0.25) is 0 Å². The zero-order valence-corrected chi connectivity index (χ0v) is 11.4. The number of benzene rings is 1. The Labute approximate surface area is 122 Å². The van der Waals surface area contributed by atoms with Gasteiger partial charge in [0.25, 0.3) is 0 Å². The van der Waals surface area contributed by atoms with E-state index in [0.29, 0.717) is 6.07 Å². The first-order valence-corrected chi connectivity index (χ1v) is 6.77. The van der Waals surface area contributed by atoms with Gasteiger partial charge in [-0.3, -0.25) is 4.79 Å². The number of hydrogen-bond acceptors (Lipinski definition) is 4. The summed E-state index contributed by atoms with van der Waals surface area (Å²) in [6.07, 6.45) is 1.40. The van der Waals surface area contributed by atoms with Crippen molar-refractivity contribution in [3.8, 4) is 0 Å². The molecular formula is C14H9F2NO3S.